The maximum atomic E-state index is 3.36. The molecule has 0 aromatic carbocycles. The molecule has 2 heteroatoms. The maximum absolute atomic E-state index is 3.36. The van der Waals surface area contributed by atoms with Crippen molar-refractivity contribution >= 4 is 0 Å². The van der Waals surface area contributed by atoms with Crippen molar-refractivity contribution in [3.8, 4) is 0 Å². The lowest BCUT2D eigenvalue weighted by molar-refractivity contribution is 0.253. The minimum Gasteiger partial charge on any atom is -0.317 e. The Balaban J connectivity index is 2.17. The van der Waals surface area contributed by atoms with E-state index in [1.165, 1.54) is 25.9 Å². The van der Waals surface area contributed by atoms with Gasteiger partial charge in [-0.05, 0) is 19.4 Å². The van der Waals surface area contributed by atoms with Crippen LogP contribution < -0.4 is 10.6 Å². The summed E-state index contributed by atoms with van der Waals surface area (Å²) < 4.78 is 0. The molecular formula is C8H18N2. The average Bonchev–Trinajstić information content (AvgIpc) is 1.83. The fraction of sp³-hybridized carbons (Fsp3) is 1.00. The molecule has 0 aromatic heterocycles. The predicted molar refractivity (Wildman–Crippen MR) is 44.1 cm³/mol. The molecule has 1 unspecified atom stereocenters. The van der Waals surface area contributed by atoms with E-state index in [1.807, 2.05) is 0 Å². The van der Waals surface area contributed by atoms with Crippen molar-refractivity contribution in [1.29, 1.82) is 0 Å². The van der Waals surface area contributed by atoms with Crippen molar-refractivity contribution in [2.24, 2.45) is 5.92 Å². The Labute approximate surface area is 63.4 Å². The van der Waals surface area contributed by atoms with E-state index in [0.717, 1.165) is 12.0 Å². The van der Waals surface area contributed by atoms with Crippen LogP contribution in [0.25, 0.3) is 0 Å². The molecule has 2 nitrogen and oxygen atoms in total. The second-order valence-electron chi connectivity index (χ2n) is 3.10. The van der Waals surface area contributed by atoms with Gasteiger partial charge in [0.25, 0.3) is 0 Å². The number of hydrogen-bond acceptors (Lipinski definition) is 2. The highest BCUT2D eigenvalue weighted by Gasteiger charge is 2.24. The van der Waals surface area contributed by atoms with Crippen molar-refractivity contribution in [1.82, 2.24) is 10.6 Å². The lowest BCUT2D eigenvalue weighted by Gasteiger charge is -2.34. The highest BCUT2D eigenvalue weighted by Crippen LogP contribution is 2.12. The summed E-state index contributed by atoms with van der Waals surface area (Å²) in [6.07, 6.45) is 2.62. The number of rotatable bonds is 4. The van der Waals surface area contributed by atoms with Gasteiger partial charge >= 0.3 is 0 Å². The third-order valence-corrected chi connectivity index (χ3v) is 2.35. The van der Waals surface area contributed by atoms with E-state index in [1.54, 1.807) is 0 Å². The summed E-state index contributed by atoms with van der Waals surface area (Å²) in [6.45, 7) is 4.67. The van der Waals surface area contributed by atoms with Gasteiger partial charge in [-0.3, -0.25) is 0 Å². The van der Waals surface area contributed by atoms with Crippen molar-refractivity contribution in [3.05, 3.63) is 0 Å². The zero-order valence-corrected chi connectivity index (χ0v) is 6.98. The number of nitrogens with one attached hydrogen (secondary N) is 2. The molecule has 0 amide bonds. The first-order chi connectivity index (χ1) is 4.88. The molecular weight excluding hydrogens is 124 g/mol. The van der Waals surface area contributed by atoms with E-state index in [9.17, 15) is 0 Å². The fourth-order valence-corrected chi connectivity index (χ4v) is 1.52. The van der Waals surface area contributed by atoms with E-state index < -0.39 is 0 Å². The van der Waals surface area contributed by atoms with Crippen molar-refractivity contribution in [3.63, 3.8) is 0 Å². The summed E-state index contributed by atoms with van der Waals surface area (Å²) in [5.74, 6) is 0.893. The van der Waals surface area contributed by atoms with Gasteiger partial charge in [-0.25, -0.2) is 0 Å². The van der Waals surface area contributed by atoms with E-state index in [0.29, 0.717) is 0 Å². The Morgan fingerprint density at radius 1 is 1.60 bits per heavy atom. The van der Waals surface area contributed by atoms with Crippen molar-refractivity contribution in [2.45, 2.75) is 25.8 Å². The first-order valence-corrected chi connectivity index (χ1v) is 4.26. The molecule has 1 fully saturated rings. The summed E-state index contributed by atoms with van der Waals surface area (Å²) in [7, 11) is 2.07. The Kier molecular flexibility index (Phi) is 3.16. The largest absolute Gasteiger partial charge is 0.317 e. The minimum atomic E-state index is 0.756. The van der Waals surface area contributed by atoms with Gasteiger partial charge in [0.15, 0.2) is 0 Å². The van der Waals surface area contributed by atoms with E-state index in [2.05, 4.69) is 24.6 Å². The van der Waals surface area contributed by atoms with Crippen molar-refractivity contribution < 1.29 is 0 Å². The molecule has 0 radical (unpaired) electrons. The quantitative estimate of drug-likeness (QED) is 0.600. The first-order valence-electron chi connectivity index (χ1n) is 4.26. The zero-order valence-electron chi connectivity index (χ0n) is 6.98. The summed E-state index contributed by atoms with van der Waals surface area (Å²) in [5, 5.41) is 6.66. The molecule has 1 aliphatic heterocycles. The monoisotopic (exact) mass is 142 g/mol. The molecule has 1 rings (SSSR count). The molecule has 10 heavy (non-hydrogen) atoms. The SMILES string of the molecule is CCCC(NC)C1CNC1. The van der Waals surface area contributed by atoms with Gasteiger partial charge < -0.3 is 10.6 Å². The first kappa shape index (κ1) is 8.02. The number of hydrogen-bond donors (Lipinski definition) is 2. The van der Waals surface area contributed by atoms with Crippen LogP contribution in [0.4, 0.5) is 0 Å². The Hall–Kier alpha value is -0.0800. The lowest BCUT2D eigenvalue weighted by Crippen LogP contribution is -2.52. The van der Waals surface area contributed by atoms with Gasteiger partial charge in [-0.15, -0.1) is 0 Å². The van der Waals surface area contributed by atoms with Gasteiger partial charge in [0.1, 0.15) is 0 Å². The van der Waals surface area contributed by atoms with Crippen LogP contribution in [0.3, 0.4) is 0 Å². The molecule has 2 N–H and O–H groups in total. The van der Waals surface area contributed by atoms with E-state index in [-0.39, 0.29) is 0 Å². The maximum Gasteiger partial charge on any atom is 0.0116 e. The van der Waals surface area contributed by atoms with Gasteiger partial charge in [-0.1, -0.05) is 13.3 Å². The smallest absolute Gasteiger partial charge is 0.0116 e. The minimum absolute atomic E-state index is 0.756. The molecule has 0 aromatic rings. The third kappa shape index (κ3) is 1.70. The standard InChI is InChI=1S/C8H18N2/c1-3-4-8(9-2)7-5-10-6-7/h7-10H,3-6H2,1-2H3. The molecule has 0 spiro atoms. The molecule has 1 atom stereocenters. The Bertz CT molecular complexity index is 89.3. The van der Waals surface area contributed by atoms with Crippen LogP contribution in [0.15, 0.2) is 0 Å². The Morgan fingerprint density at radius 3 is 2.60 bits per heavy atom. The second kappa shape index (κ2) is 3.94. The van der Waals surface area contributed by atoms with Crippen molar-refractivity contribution in [2.75, 3.05) is 20.1 Å². The van der Waals surface area contributed by atoms with Crippen LogP contribution in [0.1, 0.15) is 19.8 Å². The fourth-order valence-electron chi connectivity index (χ4n) is 1.52. The summed E-state index contributed by atoms with van der Waals surface area (Å²) in [6, 6.07) is 0.756. The highest BCUT2D eigenvalue weighted by atomic mass is 15.0. The molecule has 1 heterocycles. The van der Waals surface area contributed by atoms with Gasteiger partial charge in [-0.2, -0.15) is 0 Å². The van der Waals surface area contributed by atoms with Crippen LogP contribution >= 0.6 is 0 Å². The molecule has 0 bridgehead atoms. The third-order valence-electron chi connectivity index (χ3n) is 2.35. The predicted octanol–water partition coefficient (Wildman–Crippen LogP) is 0.594. The lowest BCUT2D eigenvalue weighted by atomic mass is 9.91. The summed E-state index contributed by atoms with van der Waals surface area (Å²) >= 11 is 0. The summed E-state index contributed by atoms with van der Waals surface area (Å²) in [5.41, 5.74) is 0. The van der Waals surface area contributed by atoms with Gasteiger partial charge in [0.2, 0.25) is 0 Å². The van der Waals surface area contributed by atoms with E-state index >= 15 is 0 Å². The Morgan fingerprint density at radius 2 is 2.30 bits per heavy atom. The van der Waals surface area contributed by atoms with Gasteiger partial charge in [0.05, 0.1) is 0 Å². The molecule has 0 saturated carbocycles. The molecule has 1 aliphatic rings. The average molecular weight is 142 g/mol. The highest BCUT2D eigenvalue weighted by molar-refractivity contribution is 4.84. The van der Waals surface area contributed by atoms with Crippen LogP contribution in [0.5, 0.6) is 0 Å². The van der Waals surface area contributed by atoms with Crippen LogP contribution in [0, 0.1) is 5.92 Å². The summed E-state index contributed by atoms with van der Waals surface area (Å²) in [4.78, 5) is 0. The van der Waals surface area contributed by atoms with Crippen LogP contribution in [-0.2, 0) is 0 Å². The normalized spacial score (nSPS) is 22.2. The zero-order chi connectivity index (χ0) is 7.40. The second-order valence-corrected chi connectivity index (χ2v) is 3.10. The molecule has 0 aliphatic carbocycles. The molecule has 1 saturated heterocycles. The van der Waals surface area contributed by atoms with E-state index in [4.69, 9.17) is 0 Å². The van der Waals surface area contributed by atoms with Crippen LogP contribution in [-0.4, -0.2) is 26.2 Å². The van der Waals surface area contributed by atoms with Crippen LogP contribution in [0.2, 0.25) is 0 Å². The topological polar surface area (TPSA) is 24.1 Å². The molecule has 60 valence electrons. The van der Waals surface area contributed by atoms with Gasteiger partial charge in [0, 0.05) is 19.1 Å².